The minimum atomic E-state index is 0.119. The summed E-state index contributed by atoms with van der Waals surface area (Å²) >= 11 is 1.50. The quantitative estimate of drug-likeness (QED) is 0.819. The molecule has 0 saturated carbocycles. The summed E-state index contributed by atoms with van der Waals surface area (Å²) in [5.74, 6) is 0.119. The van der Waals surface area contributed by atoms with Gasteiger partial charge in [-0.25, -0.2) is 0 Å². The minimum Gasteiger partial charge on any atom is -0.334 e. The van der Waals surface area contributed by atoms with Crippen molar-refractivity contribution in [2.45, 2.75) is 20.4 Å². The van der Waals surface area contributed by atoms with E-state index < -0.39 is 0 Å². The Morgan fingerprint density at radius 2 is 2.11 bits per heavy atom. The summed E-state index contributed by atoms with van der Waals surface area (Å²) < 4.78 is 0. The molecule has 0 fully saturated rings. The number of rotatable bonds is 4. The molecule has 1 amide bonds. The third-order valence-corrected chi connectivity index (χ3v) is 3.71. The summed E-state index contributed by atoms with van der Waals surface area (Å²) in [4.78, 5) is 14.9. The zero-order valence-corrected chi connectivity index (χ0v) is 11.5. The van der Waals surface area contributed by atoms with E-state index in [-0.39, 0.29) is 5.91 Å². The van der Waals surface area contributed by atoms with E-state index in [0.717, 1.165) is 11.4 Å². The Kier molecular flexibility index (Phi) is 4.15. The van der Waals surface area contributed by atoms with Crippen molar-refractivity contribution in [1.29, 1.82) is 0 Å². The topological polar surface area (TPSA) is 20.3 Å². The monoisotopic (exact) mass is 259 g/mol. The molecule has 0 spiro atoms. The summed E-state index contributed by atoms with van der Waals surface area (Å²) in [6, 6.07) is 12.1. The van der Waals surface area contributed by atoms with Crippen LogP contribution in [0.2, 0.25) is 0 Å². The Balaban J connectivity index is 2.12. The molecule has 0 atom stereocenters. The van der Waals surface area contributed by atoms with Gasteiger partial charge in [-0.2, -0.15) is 0 Å². The van der Waals surface area contributed by atoms with E-state index in [4.69, 9.17) is 0 Å². The number of thiophene rings is 1. The highest BCUT2D eigenvalue weighted by Crippen LogP contribution is 2.15. The van der Waals surface area contributed by atoms with E-state index >= 15 is 0 Å². The molecule has 0 saturated heterocycles. The molecule has 2 nitrogen and oxygen atoms in total. The van der Waals surface area contributed by atoms with Gasteiger partial charge in [0.05, 0.1) is 4.88 Å². The summed E-state index contributed by atoms with van der Waals surface area (Å²) in [5, 5.41) is 1.94. The van der Waals surface area contributed by atoms with Crippen molar-refractivity contribution in [1.82, 2.24) is 4.90 Å². The largest absolute Gasteiger partial charge is 0.334 e. The van der Waals surface area contributed by atoms with Crippen LogP contribution in [-0.2, 0) is 6.54 Å². The molecule has 0 aliphatic carbocycles. The number of carbonyl (C=O) groups excluding carboxylic acids is 1. The average molecular weight is 259 g/mol. The van der Waals surface area contributed by atoms with Gasteiger partial charge in [0, 0.05) is 13.1 Å². The van der Waals surface area contributed by atoms with E-state index in [1.54, 1.807) is 0 Å². The van der Waals surface area contributed by atoms with Crippen LogP contribution in [0.5, 0.6) is 0 Å². The van der Waals surface area contributed by atoms with Crippen molar-refractivity contribution in [3.63, 3.8) is 0 Å². The van der Waals surface area contributed by atoms with Gasteiger partial charge in [0.25, 0.3) is 5.91 Å². The van der Waals surface area contributed by atoms with Gasteiger partial charge in [-0.3, -0.25) is 4.79 Å². The smallest absolute Gasteiger partial charge is 0.264 e. The van der Waals surface area contributed by atoms with Crippen LogP contribution in [0.15, 0.2) is 41.8 Å². The van der Waals surface area contributed by atoms with Crippen molar-refractivity contribution in [2.24, 2.45) is 0 Å². The highest BCUT2D eigenvalue weighted by Gasteiger charge is 2.15. The SMILES string of the molecule is CCN(Cc1cccc(C)c1)C(=O)c1cccs1. The summed E-state index contributed by atoms with van der Waals surface area (Å²) in [6.45, 7) is 5.49. The average Bonchev–Trinajstić information content (AvgIpc) is 2.89. The second-order valence-corrected chi connectivity index (χ2v) is 5.23. The predicted octanol–water partition coefficient (Wildman–Crippen LogP) is 3.72. The number of carbonyl (C=O) groups is 1. The van der Waals surface area contributed by atoms with Gasteiger partial charge in [-0.05, 0) is 30.9 Å². The Morgan fingerprint density at radius 3 is 2.72 bits per heavy atom. The van der Waals surface area contributed by atoms with Gasteiger partial charge in [-0.1, -0.05) is 35.9 Å². The Morgan fingerprint density at radius 1 is 1.28 bits per heavy atom. The van der Waals surface area contributed by atoms with Crippen LogP contribution in [0.4, 0.5) is 0 Å². The maximum Gasteiger partial charge on any atom is 0.264 e. The van der Waals surface area contributed by atoms with Crippen LogP contribution >= 0.6 is 11.3 Å². The first-order chi connectivity index (χ1) is 8.70. The number of amides is 1. The maximum atomic E-state index is 12.3. The first-order valence-corrected chi connectivity index (χ1v) is 6.97. The molecule has 3 heteroatoms. The van der Waals surface area contributed by atoms with Crippen molar-refractivity contribution >= 4 is 17.2 Å². The molecule has 1 aromatic carbocycles. The standard InChI is InChI=1S/C15H17NOS/c1-3-16(15(17)14-8-5-9-18-14)11-13-7-4-6-12(2)10-13/h4-10H,3,11H2,1-2H3. The van der Waals surface area contributed by atoms with Crippen LogP contribution in [0.25, 0.3) is 0 Å². The third-order valence-electron chi connectivity index (χ3n) is 2.86. The lowest BCUT2D eigenvalue weighted by Crippen LogP contribution is -2.29. The summed E-state index contributed by atoms with van der Waals surface area (Å²) in [7, 11) is 0. The first kappa shape index (κ1) is 12.8. The fourth-order valence-electron chi connectivity index (χ4n) is 1.91. The molecule has 0 bridgehead atoms. The van der Waals surface area contributed by atoms with Gasteiger partial charge in [0.15, 0.2) is 0 Å². The number of hydrogen-bond donors (Lipinski definition) is 0. The normalized spacial score (nSPS) is 10.3. The van der Waals surface area contributed by atoms with E-state index in [1.807, 2.05) is 35.4 Å². The second-order valence-electron chi connectivity index (χ2n) is 4.29. The molecule has 1 heterocycles. The lowest BCUT2D eigenvalue weighted by atomic mass is 10.1. The number of aryl methyl sites for hydroxylation is 1. The zero-order valence-electron chi connectivity index (χ0n) is 10.7. The van der Waals surface area contributed by atoms with Crippen molar-refractivity contribution < 1.29 is 4.79 Å². The molecule has 0 radical (unpaired) electrons. The molecule has 2 aromatic rings. The minimum absolute atomic E-state index is 0.119. The van der Waals surface area contributed by atoms with Gasteiger partial charge in [0.1, 0.15) is 0 Å². The van der Waals surface area contributed by atoms with Crippen LogP contribution in [-0.4, -0.2) is 17.4 Å². The van der Waals surface area contributed by atoms with Crippen LogP contribution < -0.4 is 0 Å². The molecular weight excluding hydrogens is 242 g/mol. The fourth-order valence-corrected chi connectivity index (χ4v) is 2.60. The third kappa shape index (κ3) is 2.99. The van der Waals surface area contributed by atoms with Gasteiger partial charge in [-0.15, -0.1) is 11.3 Å². The van der Waals surface area contributed by atoms with Gasteiger partial charge in [0.2, 0.25) is 0 Å². The maximum absolute atomic E-state index is 12.3. The molecule has 1 aromatic heterocycles. The van der Waals surface area contributed by atoms with Gasteiger partial charge < -0.3 is 4.90 Å². The molecule has 0 aliphatic heterocycles. The number of benzene rings is 1. The lowest BCUT2D eigenvalue weighted by molar-refractivity contribution is 0.0757. The molecule has 2 rings (SSSR count). The second kappa shape index (κ2) is 5.83. The van der Waals surface area contributed by atoms with E-state index in [0.29, 0.717) is 6.54 Å². The molecule has 18 heavy (non-hydrogen) atoms. The fraction of sp³-hybridized carbons (Fsp3) is 0.267. The number of nitrogens with zero attached hydrogens (tertiary/aromatic N) is 1. The highest BCUT2D eigenvalue weighted by atomic mass is 32.1. The van der Waals surface area contributed by atoms with Gasteiger partial charge >= 0.3 is 0 Å². The number of hydrogen-bond acceptors (Lipinski definition) is 2. The molecule has 0 unspecified atom stereocenters. The van der Waals surface area contributed by atoms with Crippen molar-refractivity contribution in [3.8, 4) is 0 Å². The Hall–Kier alpha value is -1.61. The Bertz CT molecular complexity index is 519. The van der Waals surface area contributed by atoms with E-state index in [2.05, 4.69) is 25.1 Å². The first-order valence-electron chi connectivity index (χ1n) is 6.09. The van der Waals surface area contributed by atoms with Crippen molar-refractivity contribution in [2.75, 3.05) is 6.54 Å². The predicted molar refractivity (Wildman–Crippen MR) is 75.9 cm³/mol. The van der Waals surface area contributed by atoms with Crippen LogP contribution in [0.3, 0.4) is 0 Å². The van der Waals surface area contributed by atoms with Crippen molar-refractivity contribution in [3.05, 3.63) is 57.8 Å². The zero-order chi connectivity index (χ0) is 13.0. The summed E-state index contributed by atoms with van der Waals surface area (Å²) in [6.07, 6.45) is 0. The molecule has 0 aliphatic rings. The molecule has 0 N–H and O–H groups in total. The lowest BCUT2D eigenvalue weighted by Gasteiger charge is -2.20. The van der Waals surface area contributed by atoms with Crippen LogP contribution in [0, 0.1) is 6.92 Å². The Labute approximate surface area is 112 Å². The van der Waals surface area contributed by atoms with Crippen LogP contribution in [0.1, 0.15) is 27.7 Å². The van der Waals surface area contributed by atoms with E-state index in [9.17, 15) is 4.79 Å². The molecular formula is C15H17NOS. The molecule has 94 valence electrons. The summed E-state index contributed by atoms with van der Waals surface area (Å²) in [5.41, 5.74) is 2.41. The van der Waals surface area contributed by atoms with E-state index in [1.165, 1.54) is 22.5 Å². The highest BCUT2D eigenvalue weighted by molar-refractivity contribution is 7.12.